The molecule has 0 radical (unpaired) electrons. The van der Waals surface area contributed by atoms with Gasteiger partial charge in [-0.1, -0.05) is 303 Å². The zero-order valence-corrected chi connectivity index (χ0v) is 57.4. The van der Waals surface area contributed by atoms with Gasteiger partial charge in [-0.3, -0.25) is 4.79 Å². The predicted octanol–water partition coefficient (Wildman–Crippen LogP) is 11.1. The van der Waals surface area contributed by atoms with Crippen LogP contribution in [0.5, 0.6) is 0 Å². The van der Waals surface area contributed by atoms with E-state index in [-0.39, 0.29) is 18.9 Å². The molecule has 3 fully saturated rings. The lowest BCUT2D eigenvalue weighted by Crippen LogP contribution is -2.66. The molecule has 3 aliphatic heterocycles. The van der Waals surface area contributed by atoms with E-state index in [9.17, 15) is 61.0 Å². The van der Waals surface area contributed by atoms with E-state index < -0.39 is 124 Å². The molecule has 91 heavy (non-hydrogen) atoms. The summed E-state index contributed by atoms with van der Waals surface area (Å²) in [4.78, 5) is 13.4. The average Bonchev–Trinajstić information content (AvgIpc) is 0.885. The van der Waals surface area contributed by atoms with Gasteiger partial charge in [0.15, 0.2) is 18.9 Å². The summed E-state index contributed by atoms with van der Waals surface area (Å²) in [5.74, 6) is -0.234. The van der Waals surface area contributed by atoms with Crippen LogP contribution in [0.25, 0.3) is 0 Å². The highest BCUT2D eigenvalue weighted by atomic mass is 16.8. The van der Waals surface area contributed by atoms with E-state index in [1.54, 1.807) is 0 Å². The van der Waals surface area contributed by atoms with Crippen molar-refractivity contribution in [3.8, 4) is 0 Å². The Morgan fingerprint density at radius 2 is 0.626 bits per heavy atom. The van der Waals surface area contributed by atoms with Crippen molar-refractivity contribution in [3.05, 3.63) is 0 Å². The van der Waals surface area contributed by atoms with Gasteiger partial charge in [0.2, 0.25) is 5.91 Å². The Morgan fingerprint density at radius 3 is 0.956 bits per heavy atom. The summed E-state index contributed by atoms with van der Waals surface area (Å²) in [5.41, 5.74) is 0. The number of amides is 1. The van der Waals surface area contributed by atoms with Crippen molar-refractivity contribution >= 4 is 5.91 Å². The summed E-state index contributed by atoms with van der Waals surface area (Å²) >= 11 is 0. The lowest BCUT2D eigenvalue weighted by molar-refractivity contribution is -0.379. The van der Waals surface area contributed by atoms with Gasteiger partial charge in [-0.2, -0.15) is 0 Å². The molecule has 0 aliphatic carbocycles. The van der Waals surface area contributed by atoms with Crippen molar-refractivity contribution in [3.63, 3.8) is 0 Å². The number of rotatable bonds is 60. The molecule has 3 aliphatic rings. The van der Waals surface area contributed by atoms with Crippen molar-refractivity contribution in [2.75, 3.05) is 26.4 Å². The Balaban J connectivity index is 1.36. The Kier molecular flexibility index (Phi) is 50.6. The van der Waals surface area contributed by atoms with E-state index >= 15 is 0 Å². The molecule has 1 amide bonds. The number of aliphatic hydroxyl groups excluding tert-OH is 11. The zero-order valence-electron chi connectivity index (χ0n) is 57.4. The van der Waals surface area contributed by atoms with Gasteiger partial charge >= 0.3 is 0 Å². The van der Waals surface area contributed by atoms with E-state index in [0.717, 1.165) is 44.9 Å². The number of carbonyl (C=O) groups is 1. The first kappa shape index (κ1) is 84.0. The van der Waals surface area contributed by atoms with Crippen molar-refractivity contribution in [2.24, 2.45) is 0 Å². The van der Waals surface area contributed by atoms with Crippen molar-refractivity contribution in [2.45, 2.75) is 426 Å². The van der Waals surface area contributed by atoms with Crippen LogP contribution in [0, 0.1) is 0 Å². The molecule has 12 N–H and O–H groups in total. The summed E-state index contributed by atoms with van der Waals surface area (Å²) in [5, 5.41) is 121. The third-order valence-corrected chi connectivity index (χ3v) is 19.4. The van der Waals surface area contributed by atoms with Crippen molar-refractivity contribution < 1.29 is 89.4 Å². The quantitative estimate of drug-likeness (QED) is 0.0252. The van der Waals surface area contributed by atoms with Crippen LogP contribution in [-0.2, 0) is 33.2 Å². The van der Waals surface area contributed by atoms with Crippen LogP contribution < -0.4 is 5.32 Å². The van der Waals surface area contributed by atoms with E-state index in [2.05, 4.69) is 19.2 Å². The molecule has 0 aromatic rings. The first-order valence-corrected chi connectivity index (χ1v) is 37.8. The van der Waals surface area contributed by atoms with E-state index in [0.29, 0.717) is 12.8 Å². The summed E-state index contributed by atoms with van der Waals surface area (Å²) in [6.45, 7) is 1.85. The summed E-state index contributed by atoms with van der Waals surface area (Å²) in [6.07, 6.45) is 33.4. The third-order valence-electron chi connectivity index (χ3n) is 19.4. The van der Waals surface area contributed by atoms with Crippen molar-refractivity contribution in [1.82, 2.24) is 5.32 Å². The molecular formula is C72H139NO18. The second kappa shape index (κ2) is 54.8. The molecule has 3 heterocycles. The van der Waals surface area contributed by atoms with Crippen LogP contribution in [0.3, 0.4) is 0 Å². The van der Waals surface area contributed by atoms with E-state index in [4.69, 9.17) is 28.4 Å². The van der Waals surface area contributed by atoms with Crippen LogP contribution in [-0.4, -0.2) is 193 Å². The minimum absolute atomic E-state index is 0.234. The topological polar surface area (TPSA) is 307 Å². The highest BCUT2D eigenvalue weighted by Crippen LogP contribution is 2.33. The van der Waals surface area contributed by atoms with Gasteiger partial charge in [-0.25, -0.2) is 0 Å². The second-order valence-corrected chi connectivity index (χ2v) is 27.5. The number of carbonyl (C=O) groups excluding carboxylic acids is 1. The fraction of sp³-hybridized carbons (Fsp3) is 0.986. The Bertz CT molecular complexity index is 1650. The van der Waals surface area contributed by atoms with Gasteiger partial charge in [0.05, 0.1) is 38.6 Å². The van der Waals surface area contributed by atoms with Gasteiger partial charge < -0.3 is 89.9 Å². The molecule has 540 valence electrons. The minimum atomic E-state index is -1.97. The number of hydrogen-bond donors (Lipinski definition) is 12. The molecule has 0 aromatic heterocycles. The molecule has 0 spiro atoms. The van der Waals surface area contributed by atoms with Gasteiger partial charge in [-0.15, -0.1) is 0 Å². The first-order valence-electron chi connectivity index (χ1n) is 37.8. The highest BCUT2D eigenvalue weighted by molar-refractivity contribution is 5.76. The number of unbranched alkanes of at least 4 members (excludes halogenated alkanes) is 44. The second-order valence-electron chi connectivity index (χ2n) is 27.5. The molecule has 17 unspecified atom stereocenters. The number of aliphatic hydroxyl groups is 11. The maximum absolute atomic E-state index is 13.4. The van der Waals surface area contributed by atoms with E-state index in [1.165, 1.54) is 244 Å². The molecule has 19 heteroatoms. The molecule has 17 atom stereocenters. The summed E-state index contributed by atoms with van der Waals surface area (Å²) < 4.78 is 34.5. The fourth-order valence-corrected chi connectivity index (χ4v) is 13.3. The number of nitrogens with one attached hydrogen (secondary N) is 1. The lowest BCUT2D eigenvalue weighted by atomic mass is 9.96. The number of hydrogen-bond acceptors (Lipinski definition) is 18. The third kappa shape index (κ3) is 36.3. The van der Waals surface area contributed by atoms with Crippen LogP contribution in [0.1, 0.15) is 322 Å². The normalized spacial score (nSPS) is 27.8. The lowest BCUT2D eigenvalue weighted by Gasteiger charge is -2.48. The molecule has 19 nitrogen and oxygen atoms in total. The molecule has 0 bridgehead atoms. The summed E-state index contributed by atoms with van der Waals surface area (Å²) in [7, 11) is 0. The van der Waals surface area contributed by atoms with Crippen LogP contribution in [0.2, 0.25) is 0 Å². The standard InChI is InChI=1S/C72H139NO18/c1-3-5-7-9-11-13-15-17-19-21-22-23-24-25-26-27-28-29-30-31-32-33-34-36-38-40-42-44-46-48-50-60(78)73-55(56(77)49-47-45-43-41-39-37-35-20-18-16-14-12-10-8-6-4-2)54-86-70-66(84)63(81)68(58(52-75)88-70)91-72-67(85)64(82)69(59(53-76)89-72)90-71-65(83)62(80)61(79)57(51-74)87-71/h55-59,61-72,74-77,79-85H,3-54H2,1-2H3,(H,73,78). The highest BCUT2D eigenvalue weighted by Gasteiger charge is 2.53. The minimum Gasteiger partial charge on any atom is -0.394 e. The van der Waals surface area contributed by atoms with Gasteiger partial charge in [0, 0.05) is 6.42 Å². The molecule has 3 saturated heterocycles. The average molecular weight is 1310 g/mol. The SMILES string of the molecule is CCCCCCCCCCCCCCCCCCCCCCCCCCCCCCCCC(=O)NC(COC1OC(CO)C(OC2OC(CO)C(OC3OC(CO)C(O)C(O)C3O)C(O)C2O)C(O)C1O)C(O)CCCCCCCCCCCCCCCCCC. The number of ether oxygens (including phenoxy) is 6. The summed E-state index contributed by atoms with van der Waals surface area (Å²) in [6, 6.07) is -0.882. The largest absolute Gasteiger partial charge is 0.394 e. The molecule has 3 rings (SSSR count). The fourth-order valence-electron chi connectivity index (χ4n) is 13.3. The predicted molar refractivity (Wildman–Crippen MR) is 356 cm³/mol. The molecule has 0 aromatic carbocycles. The molecular weight excluding hydrogens is 1170 g/mol. The van der Waals surface area contributed by atoms with Gasteiger partial charge in [-0.05, 0) is 12.8 Å². The Labute approximate surface area is 551 Å². The maximum Gasteiger partial charge on any atom is 0.220 e. The van der Waals surface area contributed by atoms with Crippen LogP contribution in [0.15, 0.2) is 0 Å². The Morgan fingerprint density at radius 1 is 0.352 bits per heavy atom. The van der Waals surface area contributed by atoms with E-state index in [1.807, 2.05) is 0 Å². The Hall–Kier alpha value is -1.21. The maximum atomic E-state index is 13.4. The smallest absolute Gasteiger partial charge is 0.220 e. The van der Waals surface area contributed by atoms with Crippen LogP contribution >= 0.6 is 0 Å². The first-order chi connectivity index (χ1) is 44.3. The van der Waals surface area contributed by atoms with Crippen molar-refractivity contribution in [1.29, 1.82) is 0 Å². The monoisotopic (exact) mass is 1310 g/mol. The van der Waals surface area contributed by atoms with Gasteiger partial charge in [0.25, 0.3) is 0 Å². The van der Waals surface area contributed by atoms with Crippen LogP contribution in [0.4, 0.5) is 0 Å². The molecule has 0 saturated carbocycles. The zero-order chi connectivity index (χ0) is 66.1. The van der Waals surface area contributed by atoms with Gasteiger partial charge in [0.1, 0.15) is 73.2 Å².